The Hall–Kier alpha value is -2.85. The van der Waals surface area contributed by atoms with Crippen LogP contribution in [0.5, 0.6) is 0 Å². The van der Waals surface area contributed by atoms with Gasteiger partial charge in [0.05, 0.1) is 11.4 Å². The van der Waals surface area contributed by atoms with E-state index in [2.05, 4.69) is 20.2 Å². The summed E-state index contributed by atoms with van der Waals surface area (Å²) in [5, 5.41) is 10.6. The van der Waals surface area contributed by atoms with Crippen molar-refractivity contribution in [3.63, 3.8) is 0 Å². The fourth-order valence-corrected chi connectivity index (χ4v) is 3.31. The number of aromatic nitrogens is 3. The van der Waals surface area contributed by atoms with Gasteiger partial charge in [-0.15, -0.1) is 10.2 Å². The lowest BCUT2D eigenvalue weighted by Gasteiger charge is -2.07. The van der Waals surface area contributed by atoms with Gasteiger partial charge in [-0.25, -0.2) is 17.5 Å². The number of carbonyl (C=O) groups excluding carboxylic acids is 1. The Bertz CT molecular complexity index is 1020. The van der Waals surface area contributed by atoms with Crippen molar-refractivity contribution < 1.29 is 17.6 Å². The minimum atomic E-state index is -3.78. The maximum Gasteiger partial charge on any atom is 0.240 e. The van der Waals surface area contributed by atoms with E-state index in [9.17, 15) is 17.6 Å². The zero-order valence-electron chi connectivity index (χ0n) is 13.6. The molecule has 1 aromatic carbocycles. The van der Waals surface area contributed by atoms with Crippen LogP contribution in [0.1, 0.15) is 12.2 Å². The molecule has 1 amide bonds. The molecule has 2 heterocycles. The predicted octanol–water partition coefficient (Wildman–Crippen LogP) is 0.853. The average molecular weight is 377 g/mol. The second-order valence-electron chi connectivity index (χ2n) is 5.42. The predicted molar refractivity (Wildman–Crippen MR) is 91.0 cm³/mol. The standard InChI is InChI=1S/C16H16FN5O3S/c17-12-4-6-13(7-5-12)26(24,25)19-9-8-16(23)18-11-15-21-20-14-3-1-2-10-22(14)15/h1-7,10,19H,8-9,11H2,(H,18,23). The van der Waals surface area contributed by atoms with E-state index in [4.69, 9.17) is 0 Å². The first-order valence-electron chi connectivity index (χ1n) is 7.76. The lowest BCUT2D eigenvalue weighted by molar-refractivity contribution is -0.121. The molecular weight excluding hydrogens is 361 g/mol. The largest absolute Gasteiger partial charge is 0.349 e. The number of nitrogens with zero attached hydrogens (tertiary/aromatic N) is 3. The summed E-state index contributed by atoms with van der Waals surface area (Å²) in [6.07, 6.45) is 1.74. The highest BCUT2D eigenvalue weighted by molar-refractivity contribution is 7.89. The first-order chi connectivity index (χ1) is 12.5. The van der Waals surface area contributed by atoms with Gasteiger partial charge in [-0.1, -0.05) is 6.07 Å². The van der Waals surface area contributed by atoms with Crippen LogP contribution in [0.2, 0.25) is 0 Å². The smallest absolute Gasteiger partial charge is 0.240 e. The van der Waals surface area contributed by atoms with E-state index in [0.717, 1.165) is 24.3 Å². The fourth-order valence-electron chi connectivity index (χ4n) is 2.27. The Morgan fingerprint density at radius 1 is 1.12 bits per heavy atom. The van der Waals surface area contributed by atoms with Gasteiger partial charge in [0.15, 0.2) is 11.5 Å². The quantitative estimate of drug-likeness (QED) is 0.635. The van der Waals surface area contributed by atoms with Crippen LogP contribution in [0.3, 0.4) is 0 Å². The van der Waals surface area contributed by atoms with Gasteiger partial charge in [-0.05, 0) is 36.4 Å². The molecule has 0 atom stereocenters. The summed E-state index contributed by atoms with van der Waals surface area (Å²) in [6, 6.07) is 9.89. The van der Waals surface area contributed by atoms with Crippen molar-refractivity contribution in [3.8, 4) is 0 Å². The van der Waals surface area contributed by atoms with Gasteiger partial charge in [-0.2, -0.15) is 0 Å². The molecule has 10 heteroatoms. The summed E-state index contributed by atoms with van der Waals surface area (Å²) >= 11 is 0. The molecule has 2 N–H and O–H groups in total. The van der Waals surface area contributed by atoms with Crippen LogP contribution < -0.4 is 10.0 Å². The lowest BCUT2D eigenvalue weighted by atomic mass is 10.4. The van der Waals surface area contributed by atoms with Gasteiger partial charge in [-0.3, -0.25) is 9.20 Å². The van der Waals surface area contributed by atoms with Crippen LogP contribution >= 0.6 is 0 Å². The average Bonchev–Trinajstić information content (AvgIpc) is 3.03. The molecule has 0 unspecified atom stereocenters. The third kappa shape index (κ3) is 4.21. The number of carbonyl (C=O) groups is 1. The van der Waals surface area contributed by atoms with E-state index in [1.165, 1.54) is 0 Å². The summed E-state index contributed by atoms with van der Waals surface area (Å²) in [5.41, 5.74) is 0.670. The van der Waals surface area contributed by atoms with Gasteiger partial charge in [0.25, 0.3) is 0 Å². The summed E-state index contributed by atoms with van der Waals surface area (Å²) in [6.45, 7) is 0.0981. The molecule has 0 aliphatic carbocycles. The number of hydrogen-bond acceptors (Lipinski definition) is 5. The fraction of sp³-hybridized carbons (Fsp3) is 0.188. The molecule has 26 heavy (non-hydrogen) atoms. The SMILES string of the molecule is O=C(CCNS(=O)(=O)c1ccc(F)cc1)NCc1nnc2ccccn12. The molecule has 2 aromatic heterocycles. The van der Waals surface area contributed by atoms with Gasteiger partial charge in [0.2, 0.25) is 15.9 Å². The molecule has 0 radical (unpaired) electrons. The maximum atomic E-state index is 12.9. The Kier molecular flexibility index (Phi) is 5.24. The van der Waals surface area contributed by atoms with Gasteiger partial charge >= 0.3 is 0 Å². The van der Waals surface area contributed by atoms with Crippen molar-refractivity contribution in [2.75, 3.05) is 6.54 Å². The van der Waals surface area contributed by atoms with Crippen molar-refractivity contribution in [2.24, 2.45) is 0 Å². The van der Waals surface area contributed by atoms with Crippen molar-refractivity contribution >= 4 is 21.6 Å². The highest BCUT2D eigenvalue weighted by Gasteiger charge is 2.14. The van der Waals surface area contributed by atoms with E-state index >= 15 is 0 Å². The monoisotopic (exact) mass is 377 g/mol. The molecule has 3 rings (SSSR count). The van der Waals surface area contributed by atoms with Crippen molar-refractivity contribution in [3.05, 3.63) is 60.3 Å². The zero-order chi connectivity index (χ0) is 18.6. The van der Waals surface area contributed by atoms with E-state index in [-0.39, 0.29) is 30.3 Å². The highest BCUT2D eigenvalue weighted by Crippen LogP contribution is 2.09. The molecule has 0 aliphatic rings. The third-order valence-corrected chi connectivity index (χ3v) is 5.07. The Morgan fingerprint density at radius 3 is 2.65 bits per heavy atom. The number of rotatable bonds is 7. The number of pyridine rings is 1. The molecule has 0 bridgehead atoms. The van der Waals surface area contributed by atoms with Gasteiger partial charge < -0.3 is 5.32 Å². The number of amides is 1. The van der Waals surface area contributed by atoms with Crippen LogP contribution in [0.4, 0.5) is 4.39 Å². The molecule has 0 aliphatic heterocycles. The topological polar surface area (TPSA) is 105 Å². The lowest BCUT2D eigenvalue weighted by Crippen LogP contribution is -2.31. The number of hydrogen-bond donors (Lipinski definition) is 2. The maximum absolute atomic E-state index is 12.9. The van der Waals surface area contributed by atoms with Gasteiger partial charge in [0.1, 0.15) is 5.82 Å². The number of fused-ring (bicyclic) bond motifs is 1. The van der Waals surface area contributed by atoms with Crippen LogP contribution in [0.15, 0.2) is 53.6 Å². The first-order valence-corrected chi connectivity index (χ1v) is 9.24. The van der Waals surface area contributed by atoms with Crippen molar-refractivity contribution in [2.45, 2.75) is 17.9 Å². The number of benzene rings is 1. The van der Waals surface area contributed by atoms with E-state index in [1.807, 2.05) is 12.1 Å². The molecule has 0 saturated carbocycles. The number of nitrogens with one attached hydrogen (secondary N) is 2. The molecule has 0 fully saturated rings. The number of halogens is 1. The summed E-state index contributed by atoms with van der Waals surface area (Å²) in [7, 11) is -3.78. The second kappa shape index (κ2) is 7.58. The molecule has 8 nitrogen and oxygen atoms in total. The number of sulfonamides is 1. The normalized spacial score (nSPS) is 11.6. The van der Waals surface area contributed by atoms with Crippen LogP contribution in [0, 0.1) is 5.82 Å². The third-order valence-electron chi connectivity index (χ3n) is 3.60. The summed E-state index contributed by atoms with van der Waals surface area (Å²) in [5.74, 6) is -0.287. The zero-order valence-corrected chi connectivity index (χ0v) is 14.4. The molecular formula is C16H16FN5O3S. The minimum absolute atomic E-state index is 0.0445. The second-order valence-corrected chi connectivity index (χ2v) is 7.19. The van der Waals surface area contributed by atoms with E-state index < -0.39 is 15.8 Å². The molecule has 0 spiro atoms. The Morgan fingerprint density at radius 2 is 1.88 bits per heavy atom. The molecule has 3 aromatic rings. The van der Waals surface area contributed by atoms with Gasteiger partial charge in [0, 0.05) is 19.2 Å². The minimum Gasteiger partial charge on any atom is -0.349 e. The molecule has 0 saturated heterocycles. The van der Waals surface area contributed by atoms with Crippen LogP contribution in [-0.2, 0) is 21.4 Å². The Balaban J connectivity index is 1.49. The van der Waals surface area contributed by atoms with Crippen molar-refractivity contribution in [1.29, 1.82) is 0 Å². The van der Waals surface area contributed by atoms with Crippen LogP contribution in [0.25, 0.3) is 5.65 Å². The first kappa shape index (κ1) is 18.0. The highest BCUT2D eigenvalue weighted by atomic mass is 32.2. The van der Waals surface area contributed by atoms with Crippen molar-refractivity contribution in [1.82, 2.24) is 24.6 Å². The summed E-state index contributed by atoms with van der Waals surface area (Å²) < 4.78 is 41.0. The van der Waals surface area contributed by atoms with Crippen LogP contribution in [-0.4, -0.2) is 35.5 Å². The summed E-state index contributed by atoms with van der Waals surface area (Å²) in [4.78, 5) is 11.8. The Labute approximate surface area is 149 Å². The van der Waals surface area contributed by atoms with E-state index in [1.54, 1.807) is 16.7 Å². The molecule has 136 valence electrons. The van der Waals surface area contributed by atoms with E-state index in [0.29, 0.717) is 11.5 Å².